The zero-order chi connectivity index (χ0) is 38.4. The van der Waals surface area contributed by atoms with E-state index < -0.39 is 34.8 Å². The minimum absolute atomic E-state index is 0.0189. The first-order valence-corrected chi connectivity index (χ1v) is 18.5. The number of nitrogens with one attached hydrogen (secondary N) is 1. The third kappa shape index (κ3) is 6.89. The number of amides is 1. The maximum absolute atomic E-state index is 15.0. The molecule has 1 fully saturated rings. The molecule has 0 aliphatic carbocycles. The molecule has 0 spiro atoms. The number of thiophene rings is 1. The van der Waals surface area contributed by atoms with Gasteiger partial charge in [0.05, 0.1) is 29.4 Å². The number of nitrogens with zero attached hydrogens (tertiary/aromatic N) is 7. The monoisotopic (exact) mass is 765 g/mol. The Kier molecular flexibility index (Phi) is 9.50. The van der Waals surface area contributed by atoms with E-state index in [4.69, 9.17) is 5.73 Å². The van der Waals surface area contributed by atoms with Crippen LogP contribution in [0.25, 0.3) is 32.6 Å². The van der Waals surface area contributed by atoms with Crippen molar-refractivity contribution in [3.05, 3.63) is 130 Å². The summed E-state index contributed by atoms with van der Waals surface area (Å²) in [5.41, 5.74) is 6.62. The van der Waals surface area contributed by atoms with E-state index in [-0.39, 0.29) is 41.0 Å². The number of nitrogen functional groups attached to an aromatic ring is 1. The number of aliphatic hydroxyl groups is 2. The number of hydrogen-bond acceptors (Lipinski definition) is 10. The summed E-state index contributed by atoms with van der Waals surface area (Å²) >= 11 is 1.05. The van der Waals surface area contributed by atoms with Crippen LogP contribution in [-0.4, -0.2) is 75.6 Å². The number of rotatable bonds is 10. The summed E-state index contributed by atoms with van der Waals surface area (Å²) in [6, 6.07) is 20.2. The highest BCUT2D eigenvalue weighted by molar-refractivity contribution is 7.20. The van der Waals surface area contributed by atoms with Crippen molar-refractivity contribution in [2.45, 2.75) is 44.1 Å². The average Bonchev–Trinajstić information content (AvgIpc) is 3.92. The molecule has 5 N–H and O–H groups in total. The van der Waals surface area contributed by atoms with Gasteiger partial charge in [0.25, 0.3) is 11.5 Å². The molecule has 7 aromatic rings. The van der Waals surface area contributed by atoms with Crippen molar-refractivity contribution in [2.24, 2.45) is 0 Å². The molecular formula is C39H37F2N9O4S. The lowest BCUT2D eigenvalue weighted by molar-refractivity contribution is -0.0271. The molecule has 1 aliphatic rings. The first kappa shape index (κ1) is 36.2. The Balaban J connectivity index is 1.05. The van der Waals surface area contributed by atoms with Gasteiger partial charge in [0.15, 0.2) is 5.82 Å². The molecule has 1 saturated heterocycles. The molecule has 5 heterocycles. The number of fused-ring (bicyclic) bond motifs is 2. The maximum Gasteiger partial charge on any atom is 0.298 e. The van der Waals surface area contributed by atoms with Crippen LogP contribution >= 0.6 is 11.3 Å². The number of piperidine rings is 1. The first-order valence-electron chi connectivity index (χ1n) is 17.7. The van der Waals surface area contributed by atoms with Gasteiger partial charge in [-0.2, -0.15) is 5.10 Å². The second-order valence-corrected chi connectivity index (χ2v) is 14.8. The lowest BCUT2D eigenvalue weighted by Crippen LogP contribution is -2.50. The quantitative estimate of drug-likeness (QED) is 0.155. The standard InChI is InChI=1S/C39H37F2N9O4S/c1-23(51)32-33-37(46-35(42)38(53)50(33)28-9-7-24-11-16-49(31(24)18-28)27-5-3-2-4-6-27)55-34(32)36(52)45-26-12-14-47(15-13-26)19-39(54,20-48-22-43-21-44-48)29-10-8-25(40)17-30(29)41/h2-11,16-18,21-23,26,51,54H,12-15,19-20H2,1H3,(H2,42,46)(H,45,52). The number of hydrogen-bond donors (Lipinski definition) is 4. The summed E-state index contributed by atoms with van der Waals surface area (Å²) in [5, 5.41) is 31.1. The van der Waals surface area contributed by atoms with E-state index in [1.807, 2.05) is 64.2 Å². The van der Waals surface area contributed by atoms with Gasteiger partial charge in [-0.1, -0.05) is 30.3 Å². The van der Waals surface area contributed by atoms with Crippen molar-refractivity contribution >= 4 is 44.3 Å². The van der Waals surface area contributed by atoms with Crippen LogP contribution < -0.4 is 16.6 Å². The topological polar surface area (TPSA) is 169 Å². The summed E-state index contributed by atoms with van der Waals surface area (Å²) < 4.78 is 33.6. The van der Waals surface area contributed by atoms with Crippen molar-refractivity contribution in [3.8, 4) is 11.4 Å². The molecule has 1 amide bonds. The minimum Gasteiger partial charge on any atom is -0.389 e. The van der Waals surface area contributed by atoms with E-state index in [0.29, 0.717) is 42.0 Å². The second-order valence-electron chi connectivity index (χ2n) is 13.8. The van der Waals surface area contributed by atoms with Gasteiger partial charge < -0.3 is 25.8 Å². The molecule has 2 atom stereocenters. The van der Waals surface area contributed by atoms with Gasteiger partial charge in [0.2, 0.25) is 0 Å². The number of likely N-dealkylation sites (tertiary alicyclic amines) is 1. The molecule has 13 nitrogen and oxygen atoms in total. The third-order valence-corrected chi connectivity index (χ3v) is 11.2. The highest BCUT2D eigenvalue weighted by Crippen LogP contribution is 2.37. The van der Waals surface area contributed by atoms with Crippen LogP contribution in [0.15, 0.2) is 96.4 Å². The van der Waals surface area contributed by atoms with Crippen LogP contribution in [0, 0.1) is 11.6 Å². The SMILES string of the molecule is CC(O)c1c(C(=O)NC2CCN(CC(O)(Cn3cncn3)c3ccc(F)cc3F)CC2)sc2nc(N)c(=O)n(-c3ccc4ccn(-c5ccccc5)c4c3)c12. The molecule has 3 aromatic carbocycles. The van der Waals surface area contributed by atoms with Crippen molar-refractivity contribution in [1.29, 1.82) is 0 Å². The molecule has 16 heteroatoms. The van der Waals surface area contributed by atoms with Gasteiger partial charge >= 0.3 is 0 Å². The average molecular weight is 766 g/mol. The van der Waals surface area contributed by atoms with Crippen LogP contribution in [0.2, 0.25) is 0 Å². The van der Waals surface area contributed by atoms with Crippen LogP contribution in [-0.2, 0) is 12.1 Å². The molecule has 4 aromatic heterocycles. The fraction of sp³-hybridized carbons (Fsp3) is 0.256. The van der Waals surface area contributed by atoms with Crippen LogP contribution in [0.5, 0.6) is 0 Å². The van der Waals surface area contributed by atoms with Crippen molar-refractivity contribution < 1.29 is 23.8 Å². The lowest BCUT2D eigenvalue weighted by atomic mass is 9.91. The lowest BCUT2D eigenvalue weighted by Gasteiger charge is -2.38. The minimum atomic E-state index is -1.76. The molecule has 0 radical (unpaired) electrons. The highest BCUT2D eigenvalue weighted by Gasteiger charge is 2.37. The molecule has 282 valence electrons. The van der Waals surface area contributed by atoms with Gasteiger partial charge in [0, 0.05) is 60.1 Å². The molecule has 1 aliphatic heterocycles. The number of aromatic nitrogens is 6. The maximum atomic E-state index is 15.0. The van der Waals surface area contributed by atoms with Crippen LogP contribution in [0.4, 0.5) is 14.6 Å². The van der Waals surface area contributed by atoms with Crippen molar-refractivity contribution in [3.63, 3.8) is 0 Å². The molecule has 2 unspecified atom stereocenters. The predicted octanol–water partition coefficient (Wildman–Crippen LogP) is 4.68. The van der Waals surface area contributed by atoms with E-state index in [1.165, 1.54) is 34.9 Å². The second kappa shape index (κ2) is 14.4. The smallest absolute Gasteiger partial charge is 0.298 e. The number of benzene rings is 3. The fourth-order valence-electron chi connectivity index (χ4n) is 7.49. The number of para-hydroxylation sites is 1. The largest absolute Gasteiger partial charge is 0.389 e. The number of β-amino-alcohol motifs (C(OH)–C–C–N with tert-alkyl or cyclic N) is 1. The molecule has 8 rings (SSSR count). The van der Waals surface area contributed by atoms with Gasteiger partial charge in [-0.3, -0.25) is 19.1 Å². The van der Waals surface area contributed by atoms with Gasteiger partial charge in [0.1, 0.15) is 39.6 Å². The predicted molar refractivity (Wildman–Crippen MR) is 204 cm³/mol. The Morgan fingerprint density at radius 2 is 1.84 bits per heavy atom. The van der Waals surface area contributed by atoms with Gasteiger partial charge in [-0.25, -0.2) is 23.4 Å². The summed E-state index contributed by atoms with van der Waals surface area (Å²) in [7, 11) is 0. The highest BCUT2D eigenvalue weighted by atomic mass is 32.1. The number of nitrogens with two attached hydrogens (primary N) is 1. The molecule has 0 saturated carbocycles. The molecular weight excluding hydrogens is 729 g/mol. The van der Waals surface area contributed by atoms with Crippen LogP contribution in [0.3, 0.4) is 0 Å². The summed E-state index contributed by atoms with van der Waals surface area (Å²) in [6.45, 7) is 2.35. The fourth-order valence-corrected chi connectivity index (χ4v) is 8.65. The Morgan fingerprint density at radius 1 is 1.05 bits per heavy atom. The van der Waals surface area contributed by atoms with E-state index in [9.17, 15) is 28.6 Å². The number of carbonyl (C=O) groups excluding carboxylic acids is 1. The Labute approximate surface area is 316 Å². The summed E-state index contributed by atoms with van der Waals surface area (Å²) in [4.78, 5) is 38.5. The van der Waals surface area contributed by atoms with Crippen LogP contribution in [0.1, 0.15) is 46.7 Å². The molecule has 55 heavy (non-hydrogen) atoms. The Morgan fingerprint density at radius 3 is 2.55 bits per heavy atom. The zero-order valence-corrected chi connectivity index (χ0v) is 30.5. The number of carbonyl (C=O) groups is 1. The number of aliphatic hydroxyl groups excluding tert-OH is 1. The third-order valence-electron chi connectivity index (χ3n) is 10.1. The Hall–Kier alpha value is -5.81. The van der Waals surface area contributed by atoms with Gasteiger partial charge in [-0.15, -0.1) is 11.3 Å². The van der Waals surface area contributed by atoms with Crippen molar-refractivity contribution in [1.82, 2.24) is 39.1 Å². The Bertz CT molecular complexity index is 2580. The van der Waals surface area contributed by atoms with E-state index in [2.05, 4.69) is 20.4 Å². The van der Waals surface area contributed by atoms with E-state index in [1.54, 1.807) is 6.07 Å². The van der Waals surface area contributed by atoms with Crippen molar-refractivity contribution in [2.75, 3.05) is 25.4 Å². The number of anilines is 1. The zero-order valence-electron chi connectivity index (χ0n) is 29.6. The molecule has 0 bridgehead atoms. The summed E-state index contributed by atoms with van der Waals surface area (Å²) in [6.07, 6.45) is 4.54. The van der Waals surface area contributed by atoms with Gasteiger partial charge in [-0.05, 0) is 56.2 Å². The summed E-state index contributed by atoms with van der Waals surface area (Å²) in [5.74, 6) is -2.30. The van der Waals surface area contributed by atoms with E-state index in [0.717, 1.165) is 40.1 Å². The van der Waals surface area contributed by atoms with E-state index >= 15 is 0 Å². The number of halogens is 2. The normalized spacial score (nSPS) is 15.7. The first-order chi connectivity index (χ1) is 26.5.